The number of anilines is 1. The van der Waals surface area contributed by atoms with E-state index in [2.05, 4.69) is 10.2 Å². The van der Waals surface area contributed by atoms with Crippen molar-refractivity contribution in [1.29, 1.82) is 0 Å². The van der Waals surface area contributed by atoms with Crippen molar-refractivity contribution in [3.8, 4) is 0 Å². The minimum absolute atomic E-state index is 0.0274. The number of carbonyl (C=O) groups excluding carboxylic acids is 1. The molecule has 3 N–H and O–H groups in total. The first-order valence-electron chi connectivity index (χ1n) is 8.89. The van der Waals surface area contributed by atoms with E-state index in [4.69, 9.17) is 22.1 Å². The number of ether oxygens (including phenoxy) is 1. The third-order valence-electron chi connectivity index (χ3n) is 4.68. The van der Waals surface area contributed by atoms with Gasteiger partial charge in [-0.2, -0.15) is 0 Å². The summed E-state index contributed by atoms with van der Waals surface area (Å²) in [7, 11) is 0. The highest BCUT2D eigenvalue weighted by molar-refractivity contribution is 6.31. The van der Waals surface area contributed by atoms with Gasteiger partial charge in [-0.25, -0.2) is 4.39 Å². The molecule has 2 aromatic rings. The zero-order valence-electron chi connectivity index (χ0n) is 15.1. The molecular weight excluding hydrogens is 369 g/mol. The van der Waals surface area contributed by atoms with Crippen molar-refractivity contribution in [1.82, 2.24) is 10.2 Å². The SMILES string of the molecule is CC1CN(C(CNC(=O)c2ccc(N)cc2)c2c(F)cccc2Cl)CCO1. The molecule has 0 saturated carbocycles. The number of nitrogen functional groups attached to an aromatic ring is 1. The Morgan fingerprint density at radius 2 is 2.11 bits per heavy atom. The normalized spacial score (nSPS) is 18.9. The maximum absolute atomic E-state index is 14.6. The van der Waals surface area contributed by atoms with Crippen LogP contribution in [-0.4, -0.2) is 43.2 Å². The minimum Gasteiger partial charge on any atom is -0.399 e. The van der Waals surface area contributed by atoms with Crippen LogP contribution in [0.4, 0.5) is 10.1 Å². The van der Waals surface area contributed by atoms with E-state index >= 15 is 0 Å². The van der Waals surface area contributed by atoms with Gasteiger partial charge in [0.2, 0.25) is 0 Å². The number of nitrogens with one attached hydrogen (secondary N) is 1. The number of hydrogen-bond donors (Lipinski definition) is 2. The Balaban J connectivity index is 1.81. The van der Waals surface area contributed by atoms with Gasteiger partial charge in [-0.15, -0.1) is 0 Å². The van der Waals surface area contributed by atoms with Crippen molar-refractivity contribution in [3.05, 3.63) is 64.4 Å². The topological polar surface area (TPSA) is 67.6 Å². The summed E-state index contributed by atoms with van der Waals surface area (Å²) >= 11 is 6.31. The quantitative estimate of drug-likeness (QED) is 0.768. The van der Waals surface area contributed by atoms with Gasteiger partial charge in [-0.1, -0.05) is 17.7 Å². The van der Waals surface area contributed by atoms with Gasteiger partial charge in [-0.3, -0.25) is 9.69 Å². The molecule has 2 atom stereocenters. The van der Waals surface area contributed by atoms with Crippen LogP contribution in [0.15, 0.2) is 42.5 Å². The Morgan fingerprint density at radius 1 is 1.37 bits per heavy atom. The van der Waals surface area contributed by atoms with Crippen molar-refractivity contribution < 1.29 is 13.9 Å². The number of hydrogen-bond acceptors (Lipinski definition) is 4. The van der Waals surface area contributed by atoms with Crippen LogP contribution in [0.25, 0.3) is 0 Å². The third kappa shape index (κ3) is 4.77. The lowest BCUT2D eigenvalue weighted by Crippen LogP contribution is -2.47. The second-order valence-corrected chi connectivity index (χ2v) is 7.07. The molecule has 144 valence electrons. The molecule has 1 fully saturated rings. The number of halogens is 2. The summed E-state index contributed by atoms with van der Waals surface area (Å²) in [5.74, 6) is -0.623. The maximum Gasteiger partial charge on any atom is 0.251 e. The lowest BCUT2D eigenvalue weighted by Gasteiger charge is -2.38. The zero-order chi connectivity index (χ0) is 19.4. The van der Waals surface area contributed by atoms with Crippen molar-refractivity contribution in [2.24, 2.45) is 0 Å². The standard InChI is InChI=1S/C20H23ClFN3O2/c1-13-12-25(9-10-27-13)18(19-16(21)3-2-4-17(19)22)11-24-20(26)14-5-7-15(23)8-6-14/h2-8,13,18H,9-12,23H2,1H3,(H,24,26). The fourth-order valence-corrected chi connectivity index (χ4v) is 3.59. The molecule has 0 spiro atoms. The van der Waals surface area contributed by atoms with E-state index in [0.29, 0.717) is 41.5 Å². The molecule has 7 heteroatoms. The van der Waals surface area contributed by atoms with Gasteiger partial charge in [0.15, 0.2) is 0 Å². The van der Waals surface area contributed by atoms with Gasteiger partial charge in [0.25, 0.3) is 5.91 Å². The van der Waals surface area contributed by atoms with Gasteiger partial charge >= 0.3 is 0 Å². The monoisotopic (exact) mass is 391 g/mol. The largest absolute Gasteiger partial charge is 0.399 e. The van der Waals surface area contributed by atoms with Crippen molar-refractivity contribution in [3.63, 3.8) is 0 Å². The first-order chi connectivity index (χ1) is 13.0. The molecule has 1 saturated heterocycles. The fraction of sp³-hybridized carbons (Fsp3) is 0.350. The smallest absolute Gasteiger partial charge is 0.251 e. The number of rotatable bonds is 5. The summed E-state index contributed by atoms with van der Waals surface area (Å²) in [4.78, 5) is 14.6. The number of nitrogens with zero attached hydrogens (tertiary/aromatic N) is 1. The van der Waals surface area contributed by atoms with Gasteiger partial charge in [0.1, 0.15) is 5.82 Å². The van der Waals surface area contributed by atoms with E-state index in [-0.39, 0.29) is 30.4 Å². The first-order valence-corrected chi connectivity index (χ1v) is 9.27. The molecule has 1 heterocycles. The number of morpholine rings is 1. The molecule has 2 aromatic carbocycles. The molecule has 1 amide bonds. The summed E-state index contributed by atoms with van der Waals surface area (Å²) < 4.78 is 20.2. The van der Waals surface area contributed by atoms with Crippen LogP contribution < -0.4 is 11.1 Å². The van der Waals surface area contributed by atoms with Crippen molar-refractivity contribution in [2.75, 3.05) is 32.0 Å². The number of amides is 1. The van der Waals surface area contributed by atoms with Crippen LogP contribution in [0.5, 0.6) is 0 Å². The first kappa shape index (κ1) is 19.6. The predicted octanol–water partition coefficient (Wildman–Crippen LogP) is 3.25. The Hall–Kier alpha value is -2.15. The van der Waals surface area contributed by atoms with E-state index < -0.39 is 0 Å². The lowest BCUT2D eigenvalue weighted by molar-refractivity contribution is -0.0346. The fourth-order valence-electron chi connectivity index (χ4n) is 3.30. The summed E-state index contributed by atoms with van der Waals surface area (Å²) in [6, 6.07) is 10.9. The summed E-state index contributed by atoms with van der Waals surface area (Å²) in [6.45, 7) is 4.02. The van der Waals surface area contributed by atoms with Crippen LogP contribution >= 0.6 is 11.6 Å². The second-order valence-electron chi connectivity index (χ2n) is 6.66. The molecule has 0 aliphatic carbocycles. The van der Waals surface area contributed by atoms with E-state index in [1.165, 1.54) is 6.07 Å². The Kier molecular flexibility index (Phi) is 6.31. The van der Waals surface area contributed by atoms with Crippen molar-refractivity contribution >= 4 is 23.2 Å². The Labute approximate surface area is 163 Å². The van der Waals surface area contributed by atoms with E-state index in [0.717, 1.165) is 0 Å². The zero-order valence-corrected chi connectivity index (χ0v) is 15.9. The van der Waals surface area contributed by atoms with E-state index in [1.807, 2.05) is 6.92 Å². The van der Waals surface area contributed by atoms with Crippen LogP contribution in [0.2, 0.25) is 5.02 Å². The average Bonchev–Trinajstić information content (AvgIpc) is 2.64. The molecule has 1 aliphatic heterocycles. The van der Waals surface area contributed by atoms with Crippen LogP contribution in [-0.2, 0) is 4.74 Å². The van der Waals surface area contributed by atoms with Crippen LogP contribution in [0.3, 0.4) is 0 Å². The van der Waals surface area contributed by atoms with Gasteiger partial charge < -0.3 is 15.8 Å². The highest BCUT2D eigenvalue weighted by atomic mass is 35.5. The summed E-state index contributed by atoms with van der Waals surface area (Å²) in [5.41, 5.74) is 7.14. The highest BCUT2D eigenvalue weighted by Crippen LogP contribution is 2.31. The lowest BCUT2D eigenvalue weighted by atomic mass is 10.0. The average molecular weight is 392 g/mol. The molecule has 2 unspecified atom stereocenters. The molecule has 0 radical (unpaired) electrons. The molecule has 1 aliphatic rings. The molecule has 0 aromatic heterocycles. The molecule has 3 rings (SSSR count). The molecule has 0 bridgehead atoms. The minimum atomic E-state index is -0.386. The Bertz CT molecular complexity index is 780. The number of carbonyl (C=O) groups is 1. The summed E-state index contributed by atoms with van der Waals surface area (Å²) in [6.07, 6.45) is 0.0274. The molecule has 27 heavy (non-hydrogen) atoms. The third-order valence-corrected chi connectivity index (χ3v) is 5.00. The van der Waals surface area contributed by atoms with E-state index in [1.54, 1.807) is 36.4 Å². The van der Waals surface area contributed by atoms with Gasteiger partial charge in [0.05, 0.1) is 18.8 Å². The molecule has 5 nitrogen and oxygen atoms in total. The van der Waals surface area contributed by atoms with Gasteiger partial charge in [-0.05, 0) is 43.3 Å². The number of nitrogens with two attached hydrogens (primary N) is 1. The maximum atomic E-state index is 14.6. The van der Waals surface area contributed by atoms with Crippen molar-refractivity contribution in [2.45, 2.75) is 19.1 Å². The molecular formula is C20H23ClFN3O2. The Morgan fingerprint density at radius 3 is 2.78 bits per heavy atom. The van der Waals surface area contributed by atoms with E-state index in [9.17, 15) is 9.18 Å². The van der Waals surface area contributed by atoms with Gasteiger partial charge in [0, 0.05) is 41.5 Å². The predicted molar refractivity (Wildman–Crippen MR) is 104 cm³/mol. The number of benzene rings is 2. The van der Waals surface area contributed by atoms with Crippen LogP contribution in [0, 0.1) is 5.82 Å². The summed E-state index contributed by atoms with van der Waals surface area (Å²) in [5, 5.41) is 3.24. The van der Waals surface area contributed by atoms with Crippen LogP contribution in [0.1, 0.15) is 28.9 Å². The highest BCUT2D eigenvalue weighted by Gasteiger charge is 2.29. The second kappa shape index (κ2) is 8.69.